The second-order valence-corrected chi connectivity index (χ2v) is 8.31. The Hall–Kier alpha value is -1.99. The number of carbonyl (C=O) groups is 2. The molecule has 26 heavy (non-hydrogen) atoms. The van der Waals surface area contributed by atoms with Crippen LogP contribution >= 0.6 is 22.9 Å². The summed E-state index contributed by atoms with van der Waals surface area (Å²) in [5.74, 6) is -0.0206. The third kappa shape index (κ3) is 3.73. The van der Waals surface area contributed by atoms with Crippen LogP contribution in [0, 0.1) is 5.92 Å². The van der Waals surface area contributed by atoms with Gasteiger partial charge in [0.25, 0.3) is 0 Å². The molecule has 1 saturated heterocycles. The van der Waals surface area contributed by atoms with Gasteiger partial charge in [-0.3, -0.25) is 9.59 Å². The minimum absolute atomic E-state index is 0.00693. The van der Waals surface area contributed by atoms with Crippen LogP contribution in [-0.2, 0) is 16.1 Å². The Morgan fingerprint density at radius 1 is 1.27 bits per heavy atom. The van der Waals surface area contributed by atoms with Gasteiger partial charge in [-0.1, -0.05) is 41.5 Å². The summed E-state index contributed by atoms with van der Waals surface area (Å²) in [5, 5.41) is 13.3. The summed E-state index contributed by atoms with van der Waals surface area (Å²) in [4.78, 5) is 26.5. The van der Waals surface area contributed by atoms with Gasteiger partial charge < -0.3 is 10.2 Å². The van der Waals surface area contributed by atoms with Gasteiger partial charge in [-0.25, -0.2) is 0 Å². The first-order valence-corrected chi connectivity index (χ1v) is 9.94. The van der Waals surface area contributed by atoms with Crippen LogP contribution in [0.2, 0.25) is 5.02 Å². The average Bonchev–Trinajstić information content (AvgIpc) is 3.15. The van der Waals surface area contributed by atoms with Crippen molar-refractivity contribution in [3.63, 3.8) is 0 Å². The zero-order valence-corrected chi connectivity index (χ0v) is 15.7. The molecule has 0 radical (unpaired) electrons. The summed E-state index contributed by atoms with van der Waals surface area (Å²) in [6.07, 6.45) is 3.77. The Morgan fingerprint density at radius 3 is 2.73 bits per heavy atom. The molecule has 1 unspecified atom stereocenters. The zero-order valence-electron chi connectivity index (χ0n) is 14.2. The lowest BCUT2D eigenvalue weighted by Gasteiger charge is -2.21. The van der Waals surface area contributed by atoms with Crippen LogP contribution in [0.5, 0.6) is 0 Å². The number of hydrogen-bond donors (Lipinski definition) is 1. The number of anilines is 1. The number of likely N-dealkylation sites (tertiary alicyclic amines) is 1. The number of nitrogens with one attached hydrogen (secondary N) is 1. The fourth-order valence-electron chi connectivity index (χ4n) is 3.22. The molecule has 1 aliphatic heterocycles. The van der Waals surface area contributed by atoms with E-state index in [9.17, 15) is 9.59 Å². The van der Waals surface area contributed by atoms with Crippen LogP contribution in [0.1, 0.15) is 42.2 Å². The normalized spacial score (nSPS) is 20.3. The van der Waals surface area contributed by atoms with Gasteiger partial charge in [0.1, 0.15) is 5.01 Å². The van der Waals surface area contributed by atoms with Crippen molar-refractivity contribution in [1.29, 1.82) is 0 Å². The Morgan fingerprint density at radius 2 is 2.04 bits per heavy atom. The minimum Gasteiger partial charge on any atom is -0.338 e. The van der Waals surface area contributed by atoms with Crippen LogP contribution in [0.15, 0.2) is 24.3 Å². The number of nitrogens with zero attached hydrogens (tertiary/aromatic N) is 3. The molecular formula is C18H19ClN4O2S. The van der Waals surface area contributed by atoms with Gasteiger partial charge >= 0.3 is 0 Å². The molecule has 2 aliphatic rings. The fraction of sp³-hybridized carbons (Fsp3) is 0.444. The highest BCUT2D eigenvalue weighted by Crippen LogP contribution is 2.38. The highest BCUT2D eigenvalue weighted by atomic mass is 35.5. The number of aromatic nitrogens is 2. The predicted molar refractivity (Wildman–Crippen MR) is 100 cm³/mol. The molecule has 1 aromatic carbocycles. The Bertz CT molecular complexity index is 819. The molecule has 136 valence electrons. The molecule has 2 fully saturated rings. The van der Waals surface area contributed by atoms with E-state index in [0.717, 1.165) is 23.4 Å². The molecule has 2 aromatic rings. The van der Waals surface area contributed by atoms with Crippen molar-refractivity contribution in [2.24, 2.45) is 5.92 Å². The zero-order chi connectivity index (χ0) is 18.1. The van der Waals surface area contributed by atoms with Crippen molar-refractivity contribution in [2.75, 3.05) is 11.9 Å². The quantitative estimate of drug-likeness (QED) is 0.848. The van der Waals surface area contributed by atoms with E-state index in [2.05, 4.69) is 15.5 Å². The molecule has 0 bridgehead atoms. The van der Waals surface area contributed by atoms with Crippen LogP contribution in [0.3, 0.4) is 0 Å². The van der Waals surface area contributed by atoms with Crippen molar-refractivity contribution >= 4 is 39.9 Å². The maximum absolute atomic E-state index is 12.5. The van der Waals surface area contributed by atoms with E-state index in [1.165, 1.54) is 17.8 Å². The molecule has 0 spiro atoms. The molecule has 4 rings (SSSR count). The van der Waals surface area contributed by atoms with E-state index in [1.807, 2.05) is 12.1 Å². The van der Waals surface area contributed by atoms with Crippen LogP contribution in [0.4, 0.5) is 5.13 Å². The summed E-state index contributed by atoms with van der Waals surface area (Å²) in [6.45, 7) is 0.909. The Kier molecular flexibility index (Phi) is 4.91. The standard InChI is InChI=1S/C18H19ClN4O2S/c19-14-6-4-11(5-7-14)9-23-10-13(8-15(23)24)16(25)20-18-22-21-17(26-18)12-2-1-3-12/h4-7,12-13H,1-3,8-10H2,(H,20,22,25). The summed E-state index contributed by atoms with van der Waals surface area (Å²) in [7, 11) is 0. The minimum atomic E-state index is -0.356. The van der Waals surface area contributed by atoms with Crippen LogP contribution in [0.25, 0.3) is 0 Å². The smallest absolute Gasteiger partial charge is 0.231 e. The predicted octanol–water partition coefficient (Wildman–Crippen LogP) is 3.45. The van der Waals surface area contributed by atoms with E-state index in [4.69, 9.17) is 11.6 Å². The lowest BCUT2D eigenvalue weighted by atomic mass is 9.86. The maximum Gasteiger partial charge on any atom is 0.231 e. The summed E-state index contributed by atoms with van der Waals surface area (Å²) < 4.78 is 0. The van der Waals surface area contributed by atoms with Gasteiger partial charge in [-0.15, -0.1) is 10.2 Å². The second kappa shape index (κ2) is 7.32. The summed E-state index contributed by atoms with van der Waals surface area (Å²) in [5.41, 5.74) is 0.998. The van der Waals surface area contributed by atoms with Crippen molar-refractivity contribution in [3.05, 3.63) is 39.9 Å². The van der Waals surface area contributed by atoms with Gasteiger partial charge in [0, 0.05) is 30.5 Å². The molecular weight excluding hydrogens is 372 g/mol. The third-order valence-corrected chi connectivity index (χ3v) is 6.25. The highest BCUT2D eigenvalue weighted by Gasteiger charge is 2.34. The molecule has 8 heteroatoms. The Labute approximate surface area is 160 Å². The number of halogens is 1. The maximum atomic E-state index is 12.5. The molecule has 2 heterocycles. The number of hydrogen-bond acceptors (Lipinski definition) is 5. The van der Waals surface area contributed by atoms with Gasteiger partial charge in [-0.05, 0) is 30.5 Å². The van der Waals surface area contributed by atoms with Gasteiger partial charge in [-0.2, -0.15) is 0 Å². The molecule has 1 atom stereocenters. The lowest BCUT2D eigenvalue weighted by Crippen LogP contribution is -2.28. The van der Waals surface area contributed by atoms with E-state index < -0.39 is 0 Å². The number of rotatable bonds is 5. The average molecular weight is 391 g/mol. The molecule has 1 N–H and O–H groups in total. The molecule has 1 saturated carbocycles. The van der Waals surface area contributed by atoms with Gasteiger partial charge in [0.2, 0.25) is 16.9 Å². The van der Waals surface area contributed by atoms with Crippen molar-refractivity contribution in [3.8, 4) is 0 Å². The third-order valence-electron chi connectivity index (χ3n) is 5.00. The first-order chi connectivity index (χ1) is 12.6. The van der Waals surface area contributed by atoms with E-state index in [-0.39, 0.29) is 24.2 Å². The second-order valence-electron chi connectivity index (χ2n) is 6.86. The monoisotopic (exact) mass is 390 g/mol. The summed E-state index contributed by atoms with van der Waals surface area (Å²) in [6, 6.07) is 7.39. The van der Waals surface area contributed by atoms with Crippen molar-refractivity contribution in [1.82, 2.24) is 15.1 Å². The van der Waals surface area contributed by atoms with Crippen molar-refractivity contribution < 1.29 is 9.59 Å². The number of carbonyl (C=O) groups excluding carboxylic acids is 2. The van der Waals surface area contributed by atoms with E-state index in [1.54, 1.807) is 17.0 Å². The van der Waals surface area contributed by atoms with Crippen LogP contribution in [-0.4, -0.2) is 33.5 Å². The first kappa shape index (κ1) is 17.4. The van der Waals surface area contributed by atoms with E-state index >= 15 is 0 Å². The lowest BCUT2D eigenvalue weighted by molar-refractivity contribution is -0.128. The Balaban J connectivity index is 1.34. The first-order valence-electron chi connectivity index (χ1n) is 8.75. The molecule has 6 nitrogen and oxygen atoms in total. The molecule has 1 aliphatic carbocycles. The number of amides is 2. The van der Waals surface area contributed by atoms with Gasteiger partial charge in [0.05, 0.1) is 5.92 Å². The van der Waals surface area contributed by atoms with Gasteiger partial charge in [0.15, 0.2) is 0 Å². The van der Waals surface area contributed by atoms with E-state index in [0.29, 0.717) is 29.2 Å². The largest absolute Gasteiger partial charge is 0.338 e. The highest BCUT2D eigenvalue weighted by molar-refractivity contribution is 7.15. The van der Waals surface area contributed by atoms with Crippen molar-refractivity contribution in [2.45, 2.75) is 38.1 Å². The molecule has 1 aromatic heterocycles. The topological polar surface area (TPSA) is 75.2 Å². The SMILES string of the molecule is O=C(Nc1nnc(C2CCC2)s1)C1CC(=O)N(Cc2ccc(Cl)cc2)C1. The number of benzene rings is 1. The molecule has 2 amide bonds. The fourth-order valence-corrected chi connectivity index (χ4v) is 4.26. The summed E-state index contributed by atoms with van der Waals surface area (Å²) >= 11 is 7.33. The van der Waals surface area contributed by atoms with Crippen LogP contribution < -0.4 is 5.32 Å².